The van der Waals surface area contributed by atoms with Gasteiger partial charge in [-0.15, -0.1) is 0 Å². The van der Waals surface area contributed by atoms with E-state index in [0.29, 0.717) is 18.0 Å². The van der Waals surface area contributed by atoms with Crippen LogP contribution in [0.25, 0.3) is 11.1 Å². The van der Waals surface area contributed by atoms with E-state index in [1.165, 1.54) is 12.8 Å². The lowest BCUT2D eigenvalue weighted by atomic mass is 10.1. The molecule has 0 atom stereocenters. The van der Waals surface area contributed by atoms with Gasteiger partial charge in [-0.3, -0.25) is 4.79 Å². The zero-order chi connectivity index (χ0) is 16.9. The van der Waals surface area contributed by atoms with Crippen LogP contribution in [0.3, 0.4) is 0 Å². The molecule has 2 heterocycles. The molecule has 1 aliphatic rings. The molecule has 1 aromatic carbocycles. The van der Waals surface area contributed by atoms with Crippen LogP contribution in [-0.2, 0) is 0 Å². The van der Waals surface area contributed by atoms with Gasteiger partial charge in [0.05, 0.1) is 0 Å². The first-order valence-corrected chi connectivity index (χ1v) is 8.59. The molecule has 0 bridgehead atoms. The average molecular weight is 324 g/mol. The highest BCUT2D eigenvalue weighted by Gasteiger charge is 2.14. The minimum atomic E-state index is -0.0316. The summed E-state index contributed by atoms with van der Waals surface area (Å²) in [5, 5.41) is 2.93. The second kappa shape index (κ2) is 7.43. The molecule has 1 aromatic heterocycles. The van der Waals surface area contributed by atoms with Crippen molar-refractivity contribution in [3.8, 4) is 11.1 Å². The van der Waals surface area contributed by atoms with Gasteiger partial charge >= 0.3 is 0 Å². The first-order chi connectivity index (χ1) is 11.6. The van der Waals surface area contributed by atoms with E-state index >= 15 is 0 Å². The topological polar surface area (TPSA) is 58.1 Å². The number of carbonyl (C=O) groups excluding carboxylic acids is 1. The fourth-order valence-electron chi connectivity index (χ4n) is 2.76. The molecule has 1 aliphatic heterocycles. The van der Waals surface area contributed by atoms with Gasteiger partial charge in [0.25, 0.3) is 5.91 Å². The van der Waals surface area contributed by atoms with Crippen LogP contribution in [-0.4, -0.2) is 35.5 Å². The standard InChI is InChI=1S/C19H24N4O/c1-14(2)11-20-18(24)16-7-5-15(6-8-16)17-12-21-19(22-13-17)23-9-3-4-10-23/h5-8,12-14H,3-4,9-11H2,1-2H3,(H,20,24). The van der Waals surface area contributed by atoms with Crippen LogP contribution in [0.4, 0.5) is 5.95 Å². The molecular formula is C19H24N4O. The molecule has 0 aliphatic carbocycles. The summed E-state index contributed by atoms with van der Waals surface area (Å²) >= 11 is 0. The van der Waals surface area contributed by atoms with E-state index in [9.17, 15) is 4.79 Å². The van der Waals surface area contributed by atoms with Crippen molar-refractivity contribution in [3.63, 3.8) is 0 Å². The Hall–Kier alpha value is -2.43. The quantitative estimate of drug-likeness (QED) is 0.918. The molecule has 1 fully saturated rings. The Bertz CT molecular complexity index is 674. The molecule has 0 radical (unpaired) electrons. The largest absolute Gasteiger partial charge is 0.352 e. The van der Waals surface area contributed by atoms with Crippen LogP contribution >= 0.6 is 0 Å². The smallest absolute Gasteiger partial charge is 0.251 e. The van der Waals surface area contributed by atoms with Crippen molar-refractivity contribution in [3.05, 3.63) is 42.2 Å². The first kappa shape index (κ1) is 16.4. The summed E-state index contributed by atoms with van der Waals surface area (Å²) in [7, 11) is 0. The van der Waals surface area contributed by atoms with Gasteiger partial charge < -0.3 is 10.2 Å². The fourth-order valence-corrected chi connectivity index (χ4v) is 2.76. The lowest BCUT2D eigenvalue weighted by molar-refractivity contribution is 0.0949. The maximum absolute atomic E-state index is 12.0. The highest BCUT2D eigenvalue weighted by molar-refractivity contribution is 5.94. The molecule has 5 heteroatoms. The van der Waals surface area contributed by atoms with E-state index in [2.05, 4.69) is 34.0 Å². The zero-order valence-corrected chi connectivity index (χ0v) is 14.3. The van der Waals surface area contributed by atoms with Crippen molar-refractivity contribution < 1.29 is 4.79 Å². The van der Waals surface area contributed by atoms with Crippen LogP contribution in [0.2, 0.25) is 0 Å². The molecule has 2 aromatic rings. The first-order valence-electron chi connectivity index (χ1n) is 8.59. The number of rotatable bonds is 5. The third-order valence-corrected chi connectivity index (χ3v) is 4.18. The molecule has 5 nitrogen and oxygen atoms in total. The number of amides is 1. The fraction of sp³-hybridized carbons (Fsp3) is 0.421. The van der Waals surface area contributed by atoms with E-state index < -0.39 is 0 Å². The van der Waals surface area contributed by atoms with Crippen molar-refractivity contribution in [1.29, 1.82) is 0 Å². The molecule has 24 heavy (non-hydrogen) atoms. The summed E-state index contributed by atoms with van der Waals surface area (Å²) in [5.41, 5.74) is 2.66. The van der Waals surface area contributed by atoms with E-state index in [1.807, 2.05) is 36.7 Å². The second-order valence-electron chi connectivity index (χ2n) is 6.65. The van der Waals surface area contributed by atoms with Crippen molar-refractivity contribution >= 4 is 11.9 Å². The number of nitrogens with zero attached hydrogens (tertiary/aromatic N) is 3. The van der Waals surface area contributed by atoms with Gasteiger partial charge in [0.2, 0.25) is 5.95 Å². The molecule has 0 spiro atoms. The molecule has 3 rings (SSSR count). The summed E-state index contributed by atoms with van der Waals surface area (Å²) in [6.07, 6.45) is 6.14. The minimum Gasteiger partial charge on any atom is -0.352 e. The number of nitrogens with one attached hydrogen (secondary N) is 1. The molecule has 0 saturated carbocycles. The number of hydrogen-bond acceptors (Lipinski definition) is 4. The van der Waals surface area contributed by atoms with Crippen molar-refractivity contribution in [2.45, 2.75) is 26.7 Å². The third-order valence-electron chi connectivity index (χ3n) is 4.18. The maximum Gasteiger partial charge on any atom is 0.251 e. The molecule has 126 valence electrons. The van der Waals surface area contributed by atoms with Crippen molar-refractivity contribution in [1.82, 2.24) is 15.3 Å². The van der Waals surface area contributed by atoms with Gasteiger partial charge in [-0.1, -0.05) is 26.0 Å². The Morgan fingerprint density at radius 3 is 2.29 bits per heavy atom. The highest BCUT2D eigenvalue weighted by atomic mass is 16.1. The molecule has 0 unspecified atom stereocenters. The Balaban J connectivity index is 1.67. The van der Waals surface area contributed by atoms with Gasteiger partial charge in [-0.05, 0) is 36.5 Å². The Morgan fingerprint density at radius 2 is 1.71 bits per heavy atom. The van der Waals surface area contributed by atoms with Crippen molar-refractivity contribution in [2.24, 2.45) is 5.92 Å². The monoisotopic (exact) mass is 324 g/mol. The minimum absolute atomic E-state index is 0.0316. The Morgan fingerprint density at radius 1 is 1.08 bits per heavy atom. The lowest BCUT2D eigenvalue weighted by Gasteiger charge is -2.14. The van der Waals surface area contributed by atoms with Gasteiger partial charge in [-0.25, -0.2) is 9.97 Å². The van der Waals surface area contributed by atoms with E-state index in [0.717, 1.165) is 30.2 Å². The predicted molar refractivity (Wildman–Crippen MR) is 96.1 cm³/mol. The second-order valence-corrected chi connectivity index (χ2v) is 6.65. The highest BCUT2D eigenvalue weighted by Crippen LogP contribution is 2.21. The van der Waals surface area contributed by atoms with Gasteiger partial charge in [-0.2, -0.15) is 0 Å². The molecule has 1 amide bonds. The predicted octanol–water partition coefficient (Wildman–Crippen LogP) is 3.13. The normalized spacial score (nSPS) is 14.2. The van der Waals surface area contributed by atoms with Crippen LogP contribution in [0.5, 0.6) is 0 Å². The van der Waals surface area contributed by atoms with Crippen LogP contribution in [0.15, 0.2) is 36.7 Å². The van der Waals surface area contributed by atoms with Crippen LogP contribution in [0, 0.1) is 5.92 Å². The summed E-state index contributed by atoms with van der Waals surface area (Å²) < 4.78 is 0. The summed E-state index contributed by atoms with van der Waals surface area (Å²) in [5.74, 6) is 1.22. The Labute approximate surface area is 143 Å². The van der Waals surface area contributed by atoms with Crippen molar-refractivity contribution in [2.75, 3.05) is 24.5 Å². The third kappa shape index (κ3) is 3.91. The summed E-state index contributed by atoms with van der Waals surface area (Å²) in [4.78, 5) is 23.2. The summed E-state index contributed by atoms with van der Waals surface area (Å²) in [6, 6.07) is 7.58. The zero-order valence-electron chi connectivity index (χ0n) is 14.3. The number of benzene rings is 1. The lowest BCUT2D eigenvalue weighted by Crippen LogP contribution is -2.27. The molecular weight excluding hydrogens is 300 g/mol. The number of anilines is 1. The van der Waals surface area contributed by atoms with Gasteiger partial charge in [0.15, 0.2) is 0 Å². The number of carbonyl (C=O) groups is 1. The molecule has 1 N–H and O–H groups in total. The Kier molecular flexibility index (Phi) is 5.08. The van der Waals surface area contributed by atoms with Gasteiger partial charge in [0.1, 0.15) is 0 Å². The van der Waals surface area contributed by atoms with Crippen LogP contribution < -0.4 is 10.2 Å². The number of hydrogen-bond donors (Lipinski definition) is 1. The van der Waals surface area contributed by atoms with Gasteiger partial charge in [0, 0.05) is 43.2 Å². The summed E-state index contributed by atoms with van der Waals surface area (Å²) in [6.45, 7) is 6.93. The van der Waals surface area contributed by atoms with Crippen LogP contribution in [0.1, 0.15) is 37.0 Å². The maximum atomic E-state index is 12.0. The SMILES string of the molecule is CC(C)CNC(=O)c1ccc(-c2cnc(N3CCCC3)nc2)cc1. The average Bonchev–Trinajstić information content (AvgIpc) is 3.14. The molecule has 1 saturated heterocycles. The number of aromatic nitrogens is 2. The van der Waals surface area contributed by atoms with E-state index in [1.54, 1.807) is 0 Å². The van der Waals surface area contributed by atoms with E-state index in [4.69, 9.17) is 0 Å². The van der Waals surface area contributed by atoms with E-state index in [-0.39, 0.29) is 5.91 Å².